The van der Waals surface area contributed by atoms with Crippen LogP contribution in [0.5, 0.6) is 0 Å². The number of halogens is 1. The van der Waals surface area contributed by atoms with Crippen LogP contribution in [0.4, 0.5) is 15.8 Å². The van der Waals surface area contributed by atoms with Crippen molar-refractivity contribution in [2.24, 2.45) is 5.73 Å². The number of aryl methyl sites for hydroxylation is 1. The summed E-state index contributed by atoms with van der Waals surface area (Å²) >= 11 is 0. The molecule has 0 saturated heterocycles. The maximum absolute atomic E-state index is 13.1. The molecule has 0 unspecified atom stereocenters. The lowest BCUT2D eigenvalue weighted by atomic mass is 10.1. The summed E-state index contributed by atoms with van der Waals surface area (Å²) < 4.78 is 13.1. The highest BCUT2D eigenvalue weighted by Gasteiger charge is 2.03. The molecule has 0 aliphatic rings. The van der Waals surface area contributed by atoms with Gasteiger partial charge in [0.25, 0.3) is 0 Å². The smallest absolute Gasteiger partial charge is 0.123 e. The molecule has 0 aromatic heterocycles. The summed E-state index contributed by atoms with van der Waals surface area (Å²) in [6.07, 6.45) is 1.02. The van der Waals surface area contributed by atoms with Crippen molar-refractivity contribution < 1.29 is 4.39 Å². The van der Waals surface area contributed by atoms with Crippen molar-refractivity contribution in [2.75, 3.05) is 5.32 Å². The molecule has 94 valence electrons. The van der Waals surface area contributed by atoms with E-state index in [2.05, 4.69) is 24.4 Å². The zero-order valence-electron chi connectivity index (χ0n) is 10.4. The fraction of sp³-hybridized carbons (Fsp3) is 0.200. The van der Waals surface area contributed by atoms with Crippen molar-refractivity contribution in [3.8, 4) is 0 Å². The van der Waals surface area contributed by atoms with Gasteiger partial charge in [0, 0.05) is 17.9 Å². The van der Waals surface area contributed by atoms with Crippen LogP contribution >= 0.6 is 0 Å². The fourth-order valence-electron chi connectivity index (χ4n) is 1.83. The minimum atomic E-state index is -0.262. The summed E-state index contributed by atoms with van der Waals surface area (Å²) in [5.41, 5.74) is 9.51. The molecule has 3 heteroatoms. The van der Waals surface area contributed by atoms with Gasteiger partial charge < -0.3 is 11.1 Å². The van der Waals surface area contributed by atoms with Crippen LogP contribution in [0.15, 0.2) is 42.5 Å². The van der Waals surface area contributed by atoms with Gasteiger partial charge in [0.05, 0.1) is 0 Å². The molecule has 0 atom stereocenters. The Bertz CT molecular complexity index is 521. The topological polar surface area (TPSA) is 38.0 Å². The minimum absolute atomic E-state index is 0.262. The van der Waals surface area contributed by atoms with E-state index < -0.39 is 0 Å². The van der Waals surface area contributed by atoms with E-state index >= 15 is 0 Å². The van der Waals surface area contributed by atoms with Crippen LogP contribution in [0.3, 0.4) is 0 Å². The summed E-state index contributed by atoms with van der Waals surface area (Å²) in [7, 11) is 0. The Hall–Kier alpha value is -1.87. The average Bonchev–Trinajstić information content (AvgIpc) is 2.41. The molecule has 0 heterocycles. The average molecular weight is 244 g/mol. The van der Waals surface area contributed by atoms with Gasteiger partial charge in [-0.1, -0.05) is 19.1 Å². The highest BCUT2D eigenvalue weighted by atomic mass is 19.1. The summed E-state index contributed by atoms with van der Waals surface area (Å²) in [4.78, 5) is 0. The highest BCUT2D eigenvalue weighted by molar-refractivity contribution is 5.63. The highest BCUT2D eigenvalue weighted by Crippen LogP contribution is 2.22. The Morgan fingerprint density at radius 2 is 1.83 bits per heavy atom. The largest absolute Gasteiger partial charge is 0.355 e. The monoisotopic (exact) mass is 244 g/mol. The van der Waals surface area contributed by atoms with E-state index in [1.165, 1.54) is 17.7 Å². The number of rotatable bonds is 4. The van der Waals surface area contributed by atoms with Crippen molar-refractivity contribution in [3.05, 3.63) is 59.4 Å². The predicted molar refractivity (Wildman–Crippen MR) is 73.4 cm³/mol. The molecule has 0 radical (unpaired) electrons. The lowest BCUT2D eigenvalue weighted by molar-refractivity contribution is 0.626. The molecule has 0 spiro atoms. The Labute approximate surface area is 107 Å². The lowest BCUT2D eigenvalue weighted by Gasteiger charge is -2.11. The van der Waals surface area contributed by atoms with Crippen LogP contribution in [0, 0.1) is 5.82 Å². The maximum atomic E-state index is 13.1. The summed E-state index contributed by atoms with van der Waals surface area (Å²) in [6, 6.07) is 12.8. The zero-order valence-corrected chi connectivity index (χ0v) is 10.4. The van der Waals surface area contributed by atoms with Gasteiger partial charge in [0.2, 0.25) is 0 Å². The van der Waals surface area contributed by atoms with E-state index in [0.29, 0.717) is 6.54 Å². The Morgan fingerprint density at radius 3 is 2.44 bits per heavy atom. The SMILES string of the molecule is CCc1ccc(Nc2ccc(F)cc2CN)cc1. The standard InChI is InChI=1S/C15H17FN2/c1-2-11-3-6-14(7-4-11)18-15-8-5-13(16)9-12(15)10-17/h3-9,18H,2,10,17H2,1H3. The molecular formula is C15H17FN2. The normalized spacial score (nSPS) is 10.4. The molecule has 18 heavy (non-hydrogen) atoms. The molecule has 2 aromatic carbocycles. The molecular weight excluding hydrogens is 227 g/mol. The van der Waals surface area contributed by atoms with E-state index in [1.54, 1.807) is 6.07 Å². The van der Waals surface area contributed by atoms with Gasteiger partial charge >= 0.3 is 0 Å². The third-order valence-electron chi connectivity index (χ3n) is 2.93. The molecule has 0 saturated carbocycles. The summed E-state index contributed by atoms with van der Waals surface area (Å²) in [5.74, 6) is -0.262. The molecule has 0 aliphatic carbocycles. The molecule has 3 N–H and O–H groups in total. The minimum Gasteiger partial charge on any atom is -0.355 e. The number of nitrogens with one attached hydrogen (secondary N) is 1. The number of anilines is 2. The maximum Gasteiger partial charge on any atom is 0.123 e. The third kappa shape index (κ3) is 2.87. The van der Waals surface area contributed by atoms with Crippen LogP contribution in [0.25, 0.3) is 0 Å². The molecule has 0 aliphatic heterocycles. The van der Waals surface area contributed by atoms with Gasteiger partial charge in [-0.15, -0.1) is 0 Å². The summed E-state index contributed by atoms with van der Waals surface area (Å²) in [5, 5.41) is 3.26. The van der Waals surface area contributed by atoms with Crippen LogP contribution in [-0.2, 0) is 13.0 Å². The quantitative estimate of drug-likeness (QED) is 0.862. The van der Waals surface area contributed by atoms with Crippen LogP contribution in [-0.4, -0.2) is 0 Å². The second kappa shape index (κ2) is 5.65. The van der Waals surface area contributed by atoms with Crippen molar-refractivity contribution in [1.29, 1.82) is 0 Å². The molecule has 0 bridgehead atoms. The second-order valence-electron chi connectivity index (χ2n) is 4.18. The van der Waals surface area contributed by atoms with E-state index in [-0.39, 0.29) is 5.82 Å². The van der Waals surface area contributed by atoms with Crippen LogP contribution in [0.1, 0.15) is 18.1 Å². The van der Waals surface area contributed by atoms with Gasteiger partial charge in [0.15, 0.2) is 0 Å². The molecule has 0 amide bonds. The van der Waals surface area contributed by atoms with Gasteiger partial charge in [-0.25, -0.2) is 4.39 Å². The van der Waals surface area contributed by atoms with E-state index in [1.807, 2.05) is 12.1 Å². The fourth-order valence-corrected chi connectivity index (χ4v) is 1.83. The first-order valence-electron chi connectivity index (χ1n) is 6.07. The Balaban J connectivity index is 2.22. The van der Waals surface area contributed by atoms with Gasteiger partial charge in [0.1, 0.15) is 5.82 Å². The van der Waals surface area contributed by atoms with Crippen LogP contribution in [0.2, 0.25) is 0 Å². The van der Waals surface area contributed by atoms with Gasteiger partial charge in [-0.3, -0.25) is 0 Å². The second-order valence-corrected chi connectivity index (χ2v) is 4.18. The summed E-state index contributed by atoms with van der Waals surface area (Å²) in [6.45, 7) is 2.43. The number of benzene rings is 2. The number of hydrogen-bond acceptors (Lipinski definition) is 2. The van der Waals surface area contributed by atoms with Crippen LogP contribution < -0.4 is 11.1 Å². The van der Waals surface area contributed by atoms with E-state index in [0.717, 1.165) is 23.4 Å². The van der Waals surface area contributed by atoms with Gasteiger partial charge in [-0.2, -0.15) is 0 Å². The molecule has 2 nitrogen and oxygen atoms in total. The van der Waals surface area contributed by atoms with Crippen molar-refractivity contribution in [3.63, 3.8) is 0 Å². The molecule has 2 rings (SSSR count). The Morgan fingerprint density at radius 1 is 1.11 bits per heavy atom. The van der Waals surface area contributed by atoms with E-state index in [9.17, 15) is 4.39 Å². The molecule has 0 fully saturated rings. The number of nitrogens with two attached hydrogens (primary N) is 1. The first kappa shape index (κ1) is 12.6. The van der Waals surface area contributed by atoms with E-state index in [4.69, 9.17) is 5.73 Å². The van der Waals surface area contributed by atoms with Crippen molar-refractivity contribution in [2.45, 2.75) is 19.9 Å². The van der Waals surface area contributed by atoms with Crippen molar-refractivity contribution >= 4 is 11.4 Å². The molecule has 2 aromatic rings. The Kier molecular flexibility index (Phi) is 3.95. The first-order chi connectivity index (χ1) is 8.72. The van der Waals surface area contributed by atoms with Gasteiger partial charge in [-0.05, 0) is 47.9 Å². The first-order valence-corrected chi connectivity index (χ1v) is 6.07. The predicted octanol–water partition coefficient (Wildman–Crippen LogP) is 3.59. The third-order valence-corrected chi connectivity index (χ3v) is 2.93. The zero-order chi connectivity index (χ0) is 13.0. The van der Waals surface area contributed by atoms with Crippen molar-refractivity contribution in [1.82, 2.24) is 0 Å². The number of hydrogen-bond donors (Lipinski definition) is 2. The lowest BCUT2D eigenvalue weighted by Crippen LogP contribution is -2.02.